The highest BCUT2D eigenvalue weighted by Crippen LogP contribution is 2.63. The van der Waals surface area contributed by atoms with Gasteiger partial charge < -0.3 is 42.6 Å². The first kappa shape index (κ1) is 39.8. The number of ether oxygens (including phenoxy) is 9. The van der Waals surface area contributed by atoms with Crippen molar-refractivity contribution >= 4 is 5.78 Å². The molecule has 0 N–H and O–H groups in total. The number of ketones is 1. The molecule has 284 valence electrons. The fourth-order valence-corrected chi connectivity index (χ4v) is 8.69. The van der Waals surface area contributed by atoms with Crippen LogP contribution in [0.2, 0.25) is 0 Å². The molecule has 2 saturated carbocycles. The second-order valence-corrected chi connectivity index (χ2v) is 14.2. The van der Waals surface area contributed by atoms with Gasteiger partial charge in [-0.15, -0.1) is 0 Å². The normalized spacial score (nSPS) is 25.4. The van der Waals surface area contributed by atoms with Gasteiger partial charge in [0.15, 0.2) is 12.6 Å². The smallest absolute Gasteiger partial charge is 0.188 e. The molecule has 0 aromatic heterocycles. The second kappa shape index (κ2) is 21.3. The lowest BCUT2D eigenvalue weighted by atomic mass is 9.51. The van der Waals surface area contributed by atoms with Crippen LogP contribution in [-0.4, -0.2) is 99.2 Å². The molecule has 0 heterocycles. The standard InChI is InChI=1S/C41H60O10/c1-41-17-16-34-33-13-12-32(50-29-43-2)27-36(33)40(42)35(39(34)37(41)14-15-38(41)51-30-44-3)11-7-8-18-45-19-20-46-21-22-47-23-24-48-25-26-49-28-31-9-5-4-6-10-31/h4-6,9-10,12-13,27,34-35,37-39H,7-8,11,14-26,28-30H2,1-3H3/t34?,35-,37?,38?,39?,41?/m0/s1. The zero-order valence-corrected chi connectivity index (χ0v) is 31.0. The summed E-state index contributed by atoms with van der Waals surface area (Å²) >= 11 is 0. The van der Waals surface area contributed by atoms with E-state index in [0.717, 1.165) is 56.1 Å². The Morgan fingerprint density at radius 2 is 1.39 bits per heavy atom. The van der Waals surface area contributed by atoms with Gasteiger partial charge in [0.2, 0.25) is 0 Å². The minimum Gasteiger partial charge on any atom is -0.468 e. The van der Waals surface area contributed by atoms with E-state index in [0.29, 0.717) is 96.4 Å². The van der Waals surface area contributed by atoms with Crippen molar-refractivity contribution in [3.63, 3.8) is 0 Å². The van der Waals surface area contributed by atoms with Crippen LogP contribution in [0.4, 0.5) is 0 Å². The monoisotopic (exact) mass is 712 g/mol. The maximum Gasteiger partial charge on any atom is 0.188 e. The van der Waals surface area contributed by atoms with Gasteiger partial charge in [-0.3, -0.25) is 4.79 Å². The van der Waals surface area contributed by atoms with E-state index >= 15 is 0 Å². The maximum atomic E-state index is 14.3. The zero-order chi connectivity index (χ0) is 35.7. The van der Waals surface area contributed by atoms with Crippen LogP contribution in [0.5, 0.6) is 5.75 Å². The molecular formula is C41H60O10. The first-order valence-corrected chi connectivity index (χ1v) is 18.9. The summed E-state index contributed by atoms with van der Waals surface area (Å²) in [6.07, 6.45) is 7.15. The minimum atomic E-state index is -0.0207. The van der Waals surface area contributed by atoms with Gasteiger partial charge in [-0.05, 0) is 85.0 Å². The van der Waals surface area contributed by atoms with Crippen LogP contribution < -0.4 is 4.74 Å². The van der Waals surface area contributed by atoms with Gasteiger partial charge in [0.25, 0.3) is 0 Å². The third-order valence-corrected chi connectivity index (χ3v) is 11.1. The Morgan fingerprint density at radius 3 is 2.08 bits per heavy atom. The molecule has 2 aromatic carbocycles. The van der Waals surface area contributed by atoms with E-state index in [1.807, 2.05) is 42.5 Å². The first-order valence-electron chi connectivity index (χ1n) is 18.9. The molecule has 0 aliphatic heterocycles. The van der Waals surface area contributed by atoms with Crippen LogP contribution >= 0.6 is 0 Å². The molecular weight excluding hydrogens is 652 g/mol. The molecule has 10 heteroatoms. The number of carbonyl (C=O) groups excluding carboxylic acids is 1. The van der Waals surface area contributed by atoms with Crippen molar-refractivity contribution < 1.29 is 47.4 Å². The Kier molecular flexibility index (Phi) is 16.6. The minimum absolute atomic E-state index is 0.0207. The molecule has 3 aliphatic carbocycles. The van der Waals surface area contributed by atoms with Crippen LogP contribution in [0.25, 0.3) is 0 Å². The Morgan fingerprint density at radius 1 is 0.725 bits per heavy atom. The van der Waals surface area contributed by atoms with Crippen LogP contribution in [0, 0.1) is 23.2 Å². The molecule has 0 bridgehead atoms. The van der Waals surface area contributed by atoms with Gasteiger partial charge in [0.05, 0.1) is 65.6 Å². The lowest BCUT2D eigenvalue weighted by Gasteiger charge is -2.53. The highest BCUT2D eigenvalue weighted by Gasteiger charge is 2.58. The number of hydrogen-bond donors (Lipinski definition) is 0. The summed E-state index contributed by atoms with van der Waals surface area (Å²) in [7, 11) is 3.29. The molecule has 5 unspecified atom stereocenters. The van der Waals surface area contributed by atoms with Gasteiger partial charge in [0, 0.05) is 32.3 Å². The molecule has 5 rings (SSSR count). The number of Topliss-reactive ketones (excluding diaryl/α,β-unsaturated/α-hetero) is 1. The van der Waals surface area contributed by atoms with Crippen molar-refractivity contribution in [3.8, 4) is 5.75 Å². The topological polar surface area (TPSA) is 100 Å². The summed E-state index contributed by atoms with van der Waals surface area (Å²) in [6, 6.07) is 16.2. The average Bonchev–Trinajstić information content (AvgIpc) is 3.49. The van der Waals surface area contributed by atoms with E-state index in [1.165, 1.54) is 5.56 Å². The summed E-state index contributed by atoms with van der Waals surface area (Å²) in [5.41, 5.74) is 3.24. The van der Waals surface area contributed by atoms with Gasteiger partial charge in [-0.1, -0.05) is 49.7 Å². The summed E-state index contributed by atoms with van der Waals surface area (Å²) in [5, 5.41) is 0. The molecule has 10 nitrogen and oxygen atoms in total. The molecule has 51 heavy (non-hydrogen) atoms. The molecule has 6 atom stereocenters. The molecule has 2 fully saturated rings. The molecule has 0 radical (unpaired) electrons. The molecule has 3 aliphatic rings. The fraction of sp³-hybridized carbons (Fsp3) is 0.683. The van der Waals surface area contributed by atoms with Crippen molar-refractivity contribution in [3.05, 3.63) is 65.2 Å². The highest BCUT2D eigenvalue weighted by molar-refractivity contribution is 6.01. The fourth-order valence-electron chi connectivity index (χ4n) is 8.69. The number of rotatable bonds is 25. The molecule has 0 amide bonds. The number of benzene rings is 2. The van der Waals surface area contributed by atoms with Crippen LogP contribution in [0.3, 0.4) is 0 Å². The molecule has 2 aromatic rings. The van der Waals surface area contributed by atoms with E-state index < -0.39 is 0 Å². The van der Waals surface area contributed by atoms with Gasteiger partial charge in [0.1, 0.15) is 12.5 Å². The van der Waals surface area contributed by atoms with Crippen LogP contribution in [-0.2, 0) is 44.5 Å². The summed E-state index contributed by atoms with van der Waals surface area (Å²) in [6.45, 7) is 8.40. The third kappa shape index (κ3) is 11.1. The Labute approximate surface area is 304 Å². The average molecular weight is 713 g/mol. The third-order valence-electron chi connectivity index (χ3n) is 11.1. The lowest BCUT2D eigenvalue weighted by Crippen LogP contribution is -2.49. The highest BCUT2D eigenvalue weighted by atomic mass is 16.7. The quantitative estimate of drug-likeness (QED) is 0.0805. The van der Waals surface area contributed by atoms with E-state index in [9.17, 15) is 4.79 Å². The van der Waals surface area contributed by atoms with Crippen molar-refractivity contribution in [1.82, 2.24) is 0 Å². The lowest BCUT2D eigenvalue weighted by molar-refractivity contribution is -0.127. The number of methoxy groups -OCH3 is 2. The summed E-state index contributed by atoms with van der Waals surface area (Å²) in [4.78, 5) is 14.3. The summed E-state index contributed by atoms with van der Waals surface area (Å²) < 4.78 is 50.7. The van der Waals surface area contributed by atoms with Gasteiger partial charge in [-0.25, -0.2) is 0 Å². The van der Waals surface area contributed by atoms with Crippen LogP contribution in [0.1, 0.15) is 79.3 Å². The SMILES string of the molecule is COCOc1ccc2c(c1)C(=O)[C@@H](CCCCOCCOCCOCCOCCOCc1ccccc1)C1C2CCC2(C)C(OCOC)CCC12. The predicted octanol–water partition coefficient (Wildman–Crippen LogP) is 6.83. The summed E-state index contributed by atoms with van der Waals surface area (Å²) in [5.74, 6) is 2.05. The molecule has 0 saturated heterocycles. The maximum absolute atomic E-state index is 14.3. The number of carbonyl (C=O) groups is 1. The van der Waals surface area contributed by atoms with E-state index in [1.54, 1.807) is 14.2 Å². The van der Waals surface area contributed by atoms with Crippen molar-refractivity contribution in [2.24, 2.45) is 23.2 Å². The van der Waals surface area contributed by atoms with Crippen molar-refractivity contribution in [1.29, 1.82) is 0 Å². The number of hydrogen-bond acceptors (Lipinski definition) is 10. The van der Waals surface area contributed by atoms with E-state index in [4.69, 9.17) is 42.6 Å². The second-order valence-electron chi connectivity index (χ2n) is 14.2. The molecule has 0 spiro atoms. The Balaban J connectivity index is 0.980. The van der Waals surface area contributed by atoms with Gasteiger partial charge >= 0.3 is 0 Å². The van der Waals surface area contributed by atoms with Gasteiger partial charge in [-0.2, -0.15) is 0 Å². The van der Waals surface area contributed by atoms with E-state index in [-0.39, 0.29) is 30.0 Å². The largest absolute Gasteiger partial charge is 0.468 e. The van der Waals surface area contributed by atoms with Crippen molar-refractivity contribution in [2.45, 2.75) is 70.5 Å². The van der Waals surface area contributed by atoms with E-state index in [2.05, 4.69) is 13.0 Å². The zero-order valence-electron chi connectivity index (χ0n) is 31.0. The number of fused-ring (bicyclic) bond motifs is 5. The first-order chi connectivity index (χ1) is 25.1. The van der Waals surface area contributed by atoms with Crippen LogP contribution in [0.15, 0.2) is 48.5 Å². The number of unbranched alkanes of at least 4 members (excludes halogenated alkanes) is 1. The van der Waals surface area contributed by atoms with Crippen molar-refractivity contribution in [2.75, 3.05) is 87.3 Å². The Bertz CT molecular complexity index is 1290. The Hall–Kier alpha value is -2.41. The predicted molar refractivity (Wildman–Crippen MR) is 193 cm³/mol.